The van der Waals surface area contributed by atoms with Gasteiger partial charge in [0.05, 0.1) is 35.6 Å². The molecule has 1 spiro atoms. The number of likely N-dealkylation sites (tertiary alicyclic amines) is 1. The van der Waals surface area contributed by atoms with Crippen molar-refractivity contribution in [3.63, 3.8) is 0 Å². The Balaban J connectivity index is 0.000000317. The summed E-state index contributed by atoms with van der Waals surface area (Å²) in [6, 6.07) is 4.15. The van der Waals surface area contributed by atoms with Gasteiger partial charge in [0.25, 0.3) is 0 Å². The molecule has 2 N–H and O–H groups in total. The molecule has 218 valence electrons. The van der Waals surface area contributed by atoms with Crippen molar-refractivity contribution in [2.24, 2.45) is 0 Å². The molecule has 4 heterocycles. The van der Waals surface area contributed by atoms with E-state index in [1.54, 1.807) is 11.3 Å². The van der Waals surface area contributed by atoms with Gasteiger partial charge >= 0.3 is 24.3 Å². The van der Waals surface area contributed by atoms with Crippen LogP contribution in [0.1, 0.15) is 35.5 Å². The molecule has 2 aliphatic heterocycles. The van der Waals surface area contributed by atoms with Gasteiger partial charge < -0.3 is 19.7 Å². The first-order valence-corrected chi connectivity index (χ1v) is 12.4. The monoisotopic (exact) mass is 587 g/mol. The number of alkyl halides is 6. The van der Waals surface area contributed by atoms with Gasteiger partial charge in [-0.15, -0.1) is 11.3 Å². The number of hydrogen-bond acceptors (Lipinski definition) is 8. The highest BCUT2D eigenvalue weighted by molar-refractivity contribution is 7.09. The molecule has 2 fully saturated rings. The van der Waals surface area contributed by atoms with E-state index in [2.05, 4.69) is 26.3 Å². The van der Waals surface area contributed by atoms with E-state index in [-0.39, 0.29) is 11.7 Å². The quantitative estimate of drug-likeness (QED) is 0.489. The summed E-state index contributed by atoms with van der Waals surface area (Å²) >= 11 is 1.68. The number of hydrogen-bond donors (Lipinski definition) is 2. The topological polar surface area (TPSA) is 122 Å². The van der Waals surface area contributed by atoms with Crippen LogP contribution in [0.25, 0.3) is 0 Å². The minimum absolute atomic E-state index is 0.0386. The Hall–Kier alpha value is -2.82. The highest BCUT2D eigenvalue weighted by atomic mass is 32.1. The van der Waals surface area contributed by atoms with E-state index in [1.165, 1.54) is 12.0 Å². The van der Waals surface area contributed by atoms with E-state index in [4.69, 9.17) is 29.3 Å². The van der Waals surface area contributed by atoms with E-state index in [0.717, 1.165) is 43.2 Å². The molecular weight excluding hydrogens is 560 g/mol. The smallest absolute Gasteiger partial charge is 0.475 e. The molecule has 2 saturated heterocycles. The first-order chi connectivity index (χ1) is 18.1. The number of carboxylic acid groups (broad SMARTS) is 2. The molecule has 0 radical (unpaired) electrons. The summed E-state index contributed by atoms with van der Waals surface area (Å²) in [5.41, 5.74) is 2.26. The number of halogens is 6. The van der Waals surface area contributed by atoms with Crippen LogP contribution in [-0.4, -0.2) is 80.8 Å². The Morgan fingerprint density at radius 2 is 1.85 bits per heavy atom. The summed E-state index contributed by atoms with van der Waals surface area (Å²) in [5, 5.41) is 17.4. The number of ether oxygens (including phenoxy) is 2. The van der Waals surface area contributed by atoms with E-state index >= 15 is 0 Å². The zero-order valence-electron chi connectivity index (χ0n) is 20.7. The molecule has 0 saturated carbocycles. The Labute approximate surface area is 223 Å². The summed E-state index contributed by atoms with van der Waals surface area (Å²) < 4.78 is 75.8. The standard InChI is InChI=1S/C19H25N3O2S.2C2HF3O2/c1-15-21-17(13-25-15)11-23-18-8-19(24-12-18)5-3-7-22(14-19)10-16-4-2-6-20-9-16;2*3-2(4,5)1(6)7/h2,4,6,9,13,18H,3,5,7-8,10-12,14H2,1H3;2*(H,6,7)/t18-,19+;;/m1../s1. The minimum atomic E-state index is -5.08. The summed E-state index contributed by atoms with van der Waals surface area (Å²) in [5.74, 6) is -5.51. The van der Waals surface area contributed by atoms with Crippen LogP contribution in [0.2, 0.25) is 0 Å². The van der Waals surface area contributed by atoms with Crippen molar-refractivity contribution in [3.05, 3.63) is 46.2 Å². The van der Waals surface area contributed by atoms with E-state index in [1.807, 2.05) is 25.4 Å². The fourth-order valence-electron chi connectivity index (χ4n) is 3.95. The first kappa shape index (κ1) is 32.4. The predicted molar refractivity (Wildman–Crippen MR) is 125 cm³/mol. The number of aromatic nitrogens is 2. The van der Waals surface area contributed by atoms with Gasteiger partial charge in [0.15, 0.2) is 0 Å². The van der Waals surface area contributed by atoms with Gasteiger partial charge in [0.2, 0.25) is 0 Å². The molecule has 0 aliphatic carbocycles. The number of carboxylic acids is 2. The van der Waals surface area contributed by atoms with Crippen molar-refractivity contribution in [3.8, 4) is 0 Å². The third kappa shape index (κ3) is 11.4. The zero-order valence-corrected chi connectivity index (χ0v) is 21.5. The van der Waals surface area contributed by atoms with Crippen LogP contribution in [0.5, 0.6) is 0 Å². The second-order valence-corrected chi connectivity index (χ2v) is 9.83. The maximum Gasteiger partial charge on any atom is 0.490 e. The minimum Gasteiger partial charge on any atom is -0.475 e. The lowest BCUT2D eigenvalue weighted by Crippen LogP contribution is -2.47. The average molecular weight is 588 g/mol. The Kier molecular flexibility index (Phi) is 11.6. The lowest BCUT2D eigenvalue weighted by Gasteiger charge is -2.39. The van der Waals surface area contributed by atoms with E-state index < -0.39 is 24.3 Å². The average Bonchev–Trinajstić information content (AvgIpc) is 3.43. The van der Waals surface area contributed by atoms with Crippen LogP contribution >= 0.6 is 11.3 Å². The number of piperidine rings is 1. The second-order valence-electron chi connectivity index (χ2n) is 8.77. The number of nitrogens with zero attached hydrogens (tertiary/aromatic N) is 3. The zero-order chi connectivity index (χ0) is 29.3. The molecular formula is C23H27F6N3O6S. The van der Waals surface area contributed by atoms with E-state index in [9.17, 15) is 26.3 Å². The molecule has 4 rings (SSSR count). The molecule has 0 bridgehead atoms. The van der Waals surface area contributed by atoms with Crippen LogP contribution in [0.3, 0.4) is 0 Å². The van der Waals surface area contributed by atoms with Gasteiger partial charge in [0.1, 0.15) is 0 Å². The summed E-state index contributed by atoms with van der Waals surface area (Å²) in [6.07, 6.45) is -2.91. The third-order valence-electron chi connectivity index (χ3n) is 5.54. The van der Waals surface area contributed by atoms with Gasteiger partial charge in [-0.25, -0.2) is 14.6 Å². The number of aliphatic carboxylic acids is 2. The van der Waals surface area contributed by atoms with Crippen molar-refractivity contribution in [2.75, 3.05) is 19.7 Å². The number of rotatable bonds is 5. The number of aryl methyl sites for hydroxylation is 1. The highest BCUT2D eigenvalue weighted by Gasteiger charge is 2.44. The van der Waals surface area contributed by atoms with Gasteiger partial charge in [-0.3, -0.25) is 9.88 Å². The van der Waals surface area contributed by atoms with Gasteiger partial charge in [-0.05, 0) is 37.9 Å². The molecule has 2 aromatic heterocycles. The first-order valence-electron chi connectivity index (χ1n) is 11.5. The molecule has 2 aromatic rings. The lowest BCUT2D eigenvalue weighted by atomic mass is 9.89. The molecule has 9 nitrogen and oxygen atoms in total. The van der Waals surface area contributed by atoms with Crippen LogP contribution in [0.15, 0.2) is 29.9 Å². The summed E-state index contributed by atoms with van der Waals surface area (Å²) in [4.78, 5) is 29.0. The van der Waals surface area contributed by atoms with Gasteiger partial charge in [-0.2, -0.15) is 26.3 Å². The largest absolute Gasteiger partial charge is 0.490 e. The van der Waals surface area contributed by atoms with Crippen molar-refractivity contribution in [1.82, 2.24) is 14.9 Å². The normalized spacial score (nSPS) is 21.5. The SMILES string of the molecule is Cc1nc(CO[C@H]2CO[C@@]3(CCCN(Cc4cccnc4)C3)C2)cs1.O=C(O)C(F)(F)F.O=C(O)C(F)(F)F. The van der Waals surface area contributed by atoms with E-state index in [0.29, 0.717) is 13.2 Å². The molecule has 0 unspecified atom stereocenters. The summed E-state index contributed by atoms with van der Waals surface area (Å²) in [7, 11) is 0. The van der Waals surface area contributed by atoms with Crippen molar-refractivity contribution >= 4 is 23.3 Å². The third-order valence-corrected chi connectivity index (χ3v) is 6.36. The van der Waals surface area contributed by atoms with Gasteiger partial charge in [-0.1, -0.05) is 6.07 Å². The van der Waals surface area contributed by atoms with Crippen LogP contribution < -0.4 is 0 Å². The molecule has 0 aromatic carbocycles. The van der Waals surface area contributed by atoms with Crippen molar-refractivity contribution in [2.45, 2.75) is 63.4 Å². The lowest BCUT2D eigenvalue weighted by molar-refractivity contribution is -0.193. The maximum absolute atomic E-state index is 10.6. The van der Waals surface area contributed by atoms with Gasteiger partial charge in [0, 0.05) is 37.3 Å². The van der Waals surface area contributed by atoms with Crippen molar-refractivity contribution in [1.29, 1.82) is 0 Å². The molecule has 0 amide bonds. The van der Waals surface area contributed by atoms with Crippen molar-refractivity contribution < 1.29 is 55.6 Å². The van der Waals surface area contributed by atoms with Crippen LogP contribution in [-0.2, 0) is 32.2 Å². The number of thiazole rings is 1. The Bertz CT molecular complexity index is 1040. The number of carbonyl (C=O) groups is 2. The predicted octanol–water partition coefficient (Wildman–Crippen LogP) is 4.45. The molecule has 2 atom stereocenters. The number of pyridine rings is 1. The Morgan fingerprint density at radius 1 is 1.21 bits per heavy atom. The highest BCUT2D eigenvalue weighted by Crippen LogP contribution is 2.36. The van der Waals surface area contributed by atoms with Crippen LogP contribution in [0, 0.1) is 6.92 Å². The molecule has 2 aliphatic rings. The Morgan fingerprint density at radius 3 is 2.36 bits per heavy atom. The summed E-state index contributed by atoms with van der Waals surface area (Å²) in [6.45, 7) is 6.38. The second kappa shape index (κ2) is 14.0. The molecule has 39 heavy (non-hydrogen) atoms. The molecule has 16 heteroatoms. The maximum atomic E-state index is 10.6. The fourth-order valence-corrected chi connectivity index (χ4v) is 4.54. The van der Waals surface area contributed by atoms with Crippen LogP contribution in [0.4, 0.5) is 26.3 Å². The fraction of sp³-hybridized carbons (Fsp3) is 0.565.